The van der Waals surface area contributed by atoms with Gasteiger partial charge in [-0.05, 0) is 25.7 Å². The number of rotatable bonds is 3. The van der Waals surface area contributed by atoms with Crippen molar-refractivity contribution in [1.82, 2.24) is 4.90 Å². The fourth-order valence-corrected chi connectivity index (χ4v) is 1.79. The maximum atomic E-state index is 5.93. The zero-order valence-electron chi connectivity index (χ0n) is 10.1. The SMILES string of the molecule is COC(C)CN=C(N)N1CCCC(C)C1. The van der Waals surface area contributed by atoms with Gasteiger partial charge in [0.05, 0.1) is 12.6 Å². The summed E-state index contributed by atoms with van der Waals surface area (Å²) in [6, 6.07) is 0. The molecule has 0 bridgehead atoms. The summed E-state index contributed by atoms with van der Waals surface area (Å²) in [5.74, 6) is 1.40. The Kier molecular flexibility index (Phi) is 4.88. The maximum absolute atomic E-state index is 5.93. The second-order valence-electron chi connectivity index (χ2n) is 4.44. The molecule has 1 heterocycles. The molecule has 0 amide bonds. The molecule has 0 aromatic carbocycles. The van der Waals surface area contributed by atoms with Crippen molar-refractivity contribution < 1.29 is 4.74 Å². The Hall–Kier alpha value is -0.770. The molecule has 1 aliphatic rings. The van der Waals surface area contributed by atoms with Crippen LogP contribution in [0.5, 0.6) is 0 Å². The van der Waals surface area contributed by atoms with Crippen LogP contribution < -0.4 is 5.73 Å². The molecule has 4 heteroatoms. The predicted octanol–water partition coefficient (Wildman–Crippen LogP) is 1.07. The molecule has 4 nitrogen and oxygen atoms in total. The summed E-state index contributed by atoms with van der Waals surface area (Å²) in [7, 11) is 1.69. The van der Waals surface area contributed by atoms with Crippen LogP contribution in [0.15, 0.2) is 4.99 Å². The van der Waals surface area contributed by atoms with E-state index in [0.29, 0.717) is 12.5 Å². The number of guanidine groups is 1. The van der Waals surface area contributed by atoms with Gasteiger partial charge >= 0.3 is 0 Å². The van der Waals surface area contributed by atoms with Crippen molar-refractivity contribution in [2.75, 3.05) is 26.7 Å². The molecule has 0 aliphatic carbocycles. The average molecular weight is 213 g/mol. The van der Waals surface area contributed by atoms with Crippen LogP contribution >= 0.6 is 0 Å². The van der Waals surface area contributed by atoms with Crippen molar-refractivity contribution in [2.45, 2.75) is 32.8 Å². The van der Waals surface area contributed by atoms with Gasteiger partial charge in [0, 0.05) is 20.2 Å². The van der Waals surface area contributed by atoms with E-state index < -0.39 is 0 Å². The van der Waals surface area contributed by atoms with Gasteiger partial charge in [-0.15, -0.1) is 0 Å². The Labute approximate surface area is 92.5 Å². The summed E-state index contributed by atoms with van der Waals surface area (Å²) in [6.45, 7) is 6.98. The number of aliphatic imine (C=N–C) groups is 1. The van der Waals surface area contributed by atoms with Crippen LogP contribution in [-0.4, -0.2) is 43.7 Å². The van der Waals surface area contributed by atoms with Crippen molar-refractivity contribution in [3.05, 3.63) is 0 Å². The van der Waals surface area contributed by atoms with Gasteiger partial charge in [-0.1, -0.05) is 6.92 Å². The Morgan fingerprint density at radius 3 is 3.00 bits per heavy atom. The Morgan fingerprint density at radius 2 is 2.40 bits per heavy atom. The first kappa shape index (κ1) is 12.3. The van der Waals surface area contributed by atoms with Crippen LogP contribution in [0.25, 0.3) is 0 Å². The Bertz CT molecular complexity index is 218. The highest BCUT2D eigenvalue weighted by atomic mass is 16.5. The zero-order chi connectivity index (χ0) is 11.3. The molecule has 0 saturated carbocycles. The van der Waals surface area contributed by atoms with Gasteiger partial charge in [0.1, 0.15) is 0 Å². The highest BCUT2D eigenvalue weighted by Crippen LogP contribution is 2.14. The quantitative estimate of drug-likeness (QED) is 0.563. The molecule has 2 N–H and O–H groups in total. The van der Waals surface area contributed by atoms with Crippen LogP contribution in [0.4, 0.5) is 0 Å². The third-order valence-corrected chi connectivity index (χ3v) is 2.89. The first-order chi connectivity index (χ1) is 7.13. The van der Waals surface area contributed by atoms with Crippen molar-refractivity contribution >= 4 is 5.96 Å². The number of likely N-dealkylation sites (tertiary alicyclic amines) is 1. The van der Waals surface area contributed by atoms with Crippen LogP contribution in [-0.2, 0) is 4.74 Å². The minimum atomic E-state index is 0.144. The predicted molar refractivity (Wildman–Crippen MR) is 62.9 cm³/mol. The summed E-state index contributed by atoms with van der Waals surface area (Å²) < 4.78 is 5.13. The molecule has 0 radical (unpaired) electrons. The lowest BCUT2D eigenvalue weighted by atomic mass is 10.0. The number of methoxy groups -OCH3 is 1. The Balaban J connectivity index is 2.40. The Morgan fingerprint density at radius 1 is 1.67 bits per heavy atom. The molecular weight excluding hydrogens is 190 g/mol. The first-order valence-corrected chi connectivity index (χ1v) is 5.71. The molecule has 88 valence electrons. The summed E-state index contributed by atoms with van der Waals surface area (Å²) in [4.78, 5) is 6.53. The summed E-state index contributed by atoms with van der Waals surface area (Å²) in [6.07, 6.45) is 2.67. The molecule has 0 aromatic heterocycles. The van der Waals surface area contributed by atoms with E-state index >= 15 is 0 Å². The lowest BCUT2D eigenvalue weighted by Gasteiger charge is -2.31. The van der Waals surface area contributed by atoms with E-state index in [1.807, 2.05) is 6.92 Å². The summed E-state index contributed by atoms with van der Waals surface area (Å²) in [5, 5.41) is 0. The zero-order valence-corrected chi connectivity index (χ0v) is 10.1. The smallest absolute Gasteiger partial charge is 0.191 e. The molecule has 15 heavy (non-hydrogen) atoms. The minimum absolute atomic E-state index is 0.144. The molecule has 1 rings (SSSR count). The number of piperidine rings is 1. The van der Waals surface area contributed by atoms with Crippen molar-refractivity contribution in [2.24, 2.45) is 16.6 Å². The fourth-order valence-electron chi connectivity index (χ4n) is 1.79. The molecule has 2 unspecified atom stereocenters. The van der Waals surface area contributed by atoms with Gasteiger partial charge in [0.25, 0.3) is 0 Å². The van der Waals surface area contributed by atoms with Gasteiger partial charge in [-0.3, -0.25) is 4.99 Å². The third-order valence-electron chi connectivity index (χ3n) is 2.89. The van der Waals surface area contributed by atoms with Gasteiger partial charge in [-0.2, -0.15) is 0 Å². The van der Waals surface area contributed by atoms with E-state index in [1.165, 1.54) is 12.8 Å². The molecule has 2 atom stereocenters. The number of ether oxygens (including phenoxy) is 1. The van der Waals surface area contributed by atoms with Crippen molar-refractivity contribution in [1.29, 1.82) is 0 Å². The molecule has 0 spiro atoms. The normalized spacial score (nSPS) is 25.4. The highest BCUT2D eigenvalue weighted by Gasteiger charge is 2.17. The first-order valence-electron chi connectivity index (χ1n) is 5.71. The van der Waals surface area contributed by atoms with E-state index in [1.54, 1.807) is 7.11 Å². The van der Waals surface area contributed by atoms with Crippen molar-refractivity contribution in [3.63, 3.8) is 0 Å². The van der Waals surface area contributed by atoms with Gasteiger partial charge < -0.3 is 15.4 Å². The number of nitrogens with two attached hydrogens (primary N) is 1. The third kappa shape index (κ3) is 4.08. The summed E-state index contributed by atoms with van der Waals surface area (Å²) in [5.41, 5.74) is 5.93. The molecule has 1 fully saturated rings. The van der Waals surface area contributed by atoms with E-state index in [9.17, 15) is 0 Å². The van der Waals surface area contributed by atoms with Crippen LogP contribution in [0, 0.1) is 5.92 Å². The lowest BCUT2D eigenvalue weighted by Crippen LogP contribution is -2.43. The minimum Gasteiger partial charge on any atom is -0.380 e. The maximum Gasteiger partial charge on any atom is 0.191 e. The summed E-state index contributed by atoms with van der Waals surface area (Å²) >= 11 is 0. The van der Waals surface area contributed by atoms with Gasteiger partial charge in [-0.25, -0.2) is 0 Å². The standard InChI is InChI=1S/C11H23N3O/c1-9-5-4-6-14(8-9)11(12)13-7-10(2)15-3/h9-10H,4-8H2,1-3H3,(H2,12,13). The largest absolute Gasteiger partial charge is 0.380 e. The molecular formula is C11H23N3O. The number of hydrogen-bond donors (Lipinski definition) is 1. The number of hydrogen-bond acceptors (Lipinski definition) is 2. The van der Waals surface area contributed by atoms with E-state index in [4.69, 9.17) is 10.5 Å². The van der Waals surface area contributed by atoms with Crippen LogP contribution in [0.1, 0.15) is 26.7 Å². The average Bonchev–Trinajstić information content (AvgIpc) is 2.25. The van der Waals surface area contributed by atoms with E-state index in [-0.39, 0.29) is 6.10 Å². The van der Waals surface area contributed by atoms with E-state index in [0.717, 1.165) is 19.0 Å². The van der Waals surface area contributed by atoms with Crippen LogP contribution in [0.3, 0.4) is 0 Å². The van der Waals surface area contributed by atoms with Gasteiger partial charge in [0.2, 0.25) is 0 Å². The molecule has 1 saturated heterocycles. The lowest BCUT2D eigenvalue weighted by molar-refractivity contribution is 0.125. The fraction of sp³-hybridized carbons (Fsp3) is 0.909. The monoisotopic (exact) mass is 213 g/mol. The number of nitrogens with zero attached hydrogens (tertiary/aromatic N) is 2. The molecule has 0 aromatic rings. The van der Waals surface area contributed by atoms with Gasteiger partial charge in [0.15, 0.2) is 5.96 Å². The van der Waals surface area contributed by atoms with Crippen LogP contribution in [0.2, 0.25) is 0 Å². The molecule has 1 aliphatic heterocycles. The second-order valence-corrected chi connectivity index (χ2v) is 4.44. The van der Waals surface area contributed by atoms with E-state index in [2.05, 4.69) is 16.8 Å². The topological polar surface area (TPSA) is 50.9 Å². The van der Waals surface area contributed by atoms with Crippen molar-refractivity contribution in [3.8, 4) is 0 Å². The second kappa shape index (κ2) is 5.95. The highest BCUT2D eigenvalue weighted by molar-refractivity contribution is 5.78.